The van der Waals surface area contributed by atoms with Crippen molar-refractivity contribution in [3.8, 4) is 0 Å². The molecule has 2 bridgehead atoms. The highest BCUT2D eigenvalue weighted by Gasteiger charge is 2.48. The van der Waals surface area contributed by atoms with Crippen LogP contribution in [0.25, 0.3) is 16.8 Å². The number of imidazole rings is 1. The Morgan fingerprint density at radius 2 is 2.10 bits per heavy atom. The normalized spacial score (nSPS) is 32.6. The number of fused-ring (bicyclic) bond motifs is 5. The zero-order chi connectivity index (χ0) is 13.3. The van der Waals surface area contributed by atoms with Crippen LogP contribution in [-0.2, 0) is 0 Å². The molecule has 0 aromatic carbocycles. The van der Waals surface area contributed by atoms with Crippen molar-refractivity contribution in [2.75, 3.05) is 0 Å². The maximum absolute atomic E-state index is 6.42. The van der Waals surface area contributed by atoms with Crippen LogP contribution >= 0.6 is 0 Å². The second kappa shape index (κ2) is 3.54. The summed E-state index contributed by atoms with van der Waals surface area (Å²) >= 11 is 0. The molecule has 102 valence electrons. The molecule has 3 heterocycles. The van der Waals surface area contributed by atoms with Crippen molar-refractivity contribution in [2.24, 2.45) is 17.6 Å². The number of aromatic nitrogens is 6. The highest BCUT2D eigenvalue weighted by atomic mass is 15.3. The van der Waals surface area contributed by atoms with Crippen LogP contribution in [0.1, 0.15) is 31.0 Å². The Hall–Kier alpha value is -2.02. The van der Waals surface area contributed by atoms with Crippen LogP contribution in [0.3, 0.4) is 0 Å². The van der Waals surface area contributed by atoms with Crippen molar-refractivity contribution in [3.05, 3.63) is 18.5 Å². The van der Waals surface area contributed by atoms with E-state index in [0.29, 0.717) is 23.4 Å². The molecular weight excluding hydrogens is 254 g/mol. The Bertz CT molecular complexity index is 801. The molecule has 2 saturated carbocycles. The van der Waals surface area contributed by atoms with E-state index in [1.165, 1.54) is 19.3 Å². The van der Waals surface area contributed by atoms with Gasteiger partial charge in [-0.05, 0) is 31.1 Å². The quantitative estimate of drug-likeness (QED) is 0.682. The van der Waals surface area contributed by atoms with Gasteiger partial charge >= 0.3 is 0 Å². The van der Waals surface area contributed by atoms with Crippen LogP contribution in [0.4, 0.5) is 0 Å². The fourth-order valence-electron chi connectivity index (χ4n) is 4.20. The summed E-state index contributed by atoms with van der Waals surface area (Å²) in [6.45, 7) is 0. The summed E-state index contributed by atoms with van der Waals surface area (Å²) in [5, 5.41) is 8.75. The number of H-pyrrole nitrogens is 1. The number of hydrogen-bond donors (Lipinski definition) is 2. The fraction of sp³-hybridized carbons (Fsp3) is 0.538. The van der Waals surface area contributed by atoms with Crippen molar-refractivity contribution in [1.29, 1.82) is 0 Å². The standard InChI is InChI=1S/C13H15N7/c14-9-7-2-1-6(3-7)8(9)12-18-19-13-10-11(16-4-15-10)17-5-20(12)13/h4-9H,1-3,14H2,(H,15,16). The monoisotopic (exact) mass is 269 g/mol. The van der Waals surface area contributed by atoms with E-state index in [1.54, 1.807) is 12.7 Å². The largest absolute Gasteiger partial charge is 0.340 e. The first kappa shape index (κ1) is 10.7. The summed E-state index contributed by atoms with van der Waals surface area (Å²) in [4.78, 5) is 11.6. The van der Waals surface area contributed by atoms with Gasteiger partial charge in [-0.1, -0.05) is 0 Å². The lowest BCUT2D eigenvalue weighted by Crippen LogP contribution is -2.35. The molecule has 3 aromatic heterocycles. The smallest absolute Gasteiger partial charge is 0.189 e. The number of nitrogens with two attached hydrogens (primary N) is 1. The number of nitrogens with one attached hydrogen (secondary N) is 1. The first-order chi connectivity index (χ1) is 9.83. The summed E-state index contributed by atoms with van der Waals surface area (Å²) in [6, 6.07) is 0.207. The molecular formula is C13H15N7. The van der Waals surface area contributed by atoms with Crippen molar-refractivity contribution < 1.29 is 0 Å². The molecule has 2 fully saturated rings. The van der Waals surface area contributed by atoms with Crippen LogP contribution in [0.2, 0.25) is 0 Å². The zero-order valence-electron chi connectivity index (χ0n) is 10.9. The Balaban J connectivity index is 1.73. The van der Waals surface area contributed by atoms with Gasteiger partial charge in [-0.3, -0.25) is 4.40 Å². The molecule has 0 aliphatic heterocycles. The minimum atomic E-state index is 0.207. The third-order valence-corrected chi connectivity index (χ3v) is 5.14. The molecule has 4 atom stereocenters. The molecule has 7 nitrogen and oxygen atoms in total. The van der Waals surface area contributed by atoms with Crippen LogP contribution < -0.4 is 5.73 Å². The topological polar surface area (TPSA) is 97.8 Å². The second-order valence-electron chi connectivity index (χ2n) is 6.03. The summed E-state index contributed by atoms with van der Waals surface area (Å²) < 4.78 is 1.98. The van der Waals surface area contributed by atoms with Gasteiger partial charge in [0.15, 0.2) is 11.3 Å². The van der Waals surface area contributed by atoms with E-state index in [1.807, 2.05) is 4.40 Å². The number of aromatic amines is 1. The predicted octanol–water partition coefficient (Wildman–Crippen LogP) is 0.841. The molecule has 2 aliphatic carbocycles. The maximum Gasteiger partial charge on any atom is 0.189 e. The Labute approximate surface area is 114 Å². The molecule has 3 N–H and O–H groups in total. The Kier molecular flexibility index (Phi) is 1.90. The molecule has 0 spiro atoms. The van der Waals surface area contributed by atoms with E-state index in [9.17, 15) is 0 Å². The summed E-state index contributed by atoms with van der Waals surface area (Å²) in [5.74, 6) is 2.58. The Morgan fingerprint density at radius 1 is 1.20 bits per heavy atom. The van der Waals surface area contributed by atoms with Crippen LogP contribution in [-0.4, -0.2) is 35.6 Å². The van der Waals surface area contributed by atoms with E-state index in [0.717, 1.165) is 17.0 Å². The lowest BCUT2D eigenvalue weighted by molar-refractivity contribution is 0.352. The first-order valence-electron chi connectivity index (χ1n) is 7.11. The summed E-state index contributed by atoms with van der Waals surface area (Å²) in [7, 11) is 0. The molecule has 20 heavy (non-hydrogen) atoms. The van der Waals surface area contributed by atoms with Gasteiger partial charge in [0.1, 0.15) is 17.7 Å². The molecule has 7 heteroatoms. The average molecular weight is 269 g/mol. The second-order valence-corrected chi connectivity index (χ2v) is 6.03. The zero-order valence-corrected chi connectivity index (χ0v) is 10.9. The number of rotatable bonds is 1. The third-order valence-electron chi connectivity index (χ3n) is 5.14. The lowest BCUT2D eigenvalue weighted by atomic mass is 9.84. The van der Waals surface area contributed by atoms with Gasteiger partial charge in [-0.2, -0.15) is 0 Å². The minimum Gasteiger partial charge on any atom is -0.340 e. The average Bonchev–Trinajstić information content (AvgIpc) is 3.20. The SMILES string of the molecule is NC1C2CCC(C2)C1c1nnc2c3[nH]cnc3ncn12. The fourth-order valence-corrected chi connectivity index (χ4v) is 4.20. The van der Waals surface area contributed by atoms with Crippen molar-refractivity contribution in [1.82, 2.24) is 29.5 Å². The van der Waals surface area contributed by atoms with Crippen LogP contribution in [0, 0.1) is 11.8 Å². The van der Waals surface area contributed by atoms with Gasteiger partial charge < -0.3 is 10.7 Å². The molecule has 5 rings (SSSR count). The first-order valence-corrected chi connectivity index (χ1v) is 7.11. The highest BCUT2D eigenvalue weighted by molar-refractivity contribution is 5.84. The van der Waals surface area contributed by atoms with Gasteiger partial charge in [-0.15, -0.1) is 10.2 Å². The highest BCUT2D eigenvalue weighted by Crippen LogP contribution is 2.51. The van der Waals surface area contributed by atoms with Gasteiger partial charge in [0.2, 0.25) is 0 Å². The van der Waals surface area contributed by atoms with Crippen LogP contribution in [0.5, 0.6) is 0 Å². The van der Waals surface area contributed by atoms with Crippen molar-refractivity contribution >= 4 is 16.8 Å². The Morgan fingerprint density at radius 3 is 2.95 bits per heavy atom. The van der Waals surface area contributed by atoms with E-state index in [4.69, 9.17) is 5.73 Å². The van der Waals surface area contributed by atoms with E-state index in [-0.39, 0.29) is 6.04 Å². The van der Waals surface area contributed by atoms with E-state index >= 15 is 0 Å². The third kappa shape index (κ3) is 1.19. The number of nitrogens with zero attached hydrogens (tertiary/aromatic N) is 5. The van der Waals surface area contributed by atoms with Gasteiger partial charge in [0.05, 0.1) is 6.33 Å². The van der Waals surface area contributed by atoms with E-state index < -0.39 is 0 Å². The maximum atomic E-state index is 6.42. The lowest BCUT2D eigenvalue weighted by Gasteiger charge is -2.26. The molecule has 2 aliphatic rings. The van der Waals surface area contributed by atoms with Gasteiger partial charge in [-0.25, -0.2) is 9.97 Å². The van der Waals surface area contributed by atoms with Crippen molar-refractivity contribution in [3.63, 3.8) is 0 Å². The van der Waals surface area contributed by atoms with E-state index in [2.05, 4.69) is 25.1 Å². The number of hydrogen-bond acceptors (Lipinski definition) is 5. The molecule has 4 unspecified atom stereocenters. The predicted molar refractivity (Wildman–Crippen MR) is 72.0 cm³/mol. The van der Waals surface area contributed by atoms with Crippen LogP contribution in [0.15, 0.2) is 12.7 Å². The molecule has 0 radical (unpaired) electrons. The molecule has 0 saturated heterocycles. The summed E-state index contributed by atoms with van der Waals surface area (Å²) in [5.41, 5.74) is 8.72. The van der Waals surface area contributed by atoms with Crippen molar-refractivity contribution in [2.45, 2.75) is 31.2 Å². The van der Waals surface area contributed by atoms with Gasteiger partial charge in [0, 0.05) is 12.0 Å². The summed E-state index contributed by atoms with van der Waals surface area (Å²) in [6.07, 6.45) is 7.17. The van der Waals surface area contributed by atoms with Gasteiger partial charge in [0.25, 0.3) is 0 Å². The minimum absolute atomic E-state index is 0.207. The molecule has 0 amide bonds. The molecule has 3 aromatic rings.